The van der Waals surface area contributed by atoms with Gasteiger partial charge in [-0.2, -0.15) is 0 Å². The van der Waals surface area contributed by atoms with Crippen LogP contribution in [0.2, 0.25) is 0 Å². The van der Waals surface area contributed by atoms with Gasteiger partial charge in [-0.1, -0.05) is 6.07 Å². The van der Waals surface area contributed by atoms with Crippen molar-refractivity contribution in [2.75, 3.05) is 19.5 Å². The minimum Gasteiger partial charge on any atom is -0.493 e. The van der Waals surface area contributed by atoms with Crippen LogP contribution >= 0.6 is 0 Å². The highest BCUT2D eigenvalue weighted by Crippen LogP contribution is 2.27. The first-order valence-electron chi connectivity index (χ1n) is 7.00. The molecule has 2 aromatic carbocycles. The first-order valence-corrected chi connectivity index (χ1v) is 7.00. The van der Waals surface area contributed by atoms with Crippen LogP contribution in [0.1, 0.15) is 15.9 Å². The second kappa shape index (κ2) is 7.45. The smallest absolute Gasteiger partial charge is 0.187 e. The number of hydrogen-bond donors (Lipinski definition) is 1. The van der Waals surface area contributed by atoms with Crippen molar-refractivity contribution < 1.29 is 18.7 Å². The van der Waals surface area contributed by atoms with Gasteiger partial charge in [0, 0.05) is 23.5 Å². The molecule has 0 heterocycles. The summed E-state index contributed by atoms with van der Waals surface area (Å²) in [5.41, 5.74) is 1.61. The Kier molecular flexibility index (Phi) is 5.36. The quantitative estimate of drug-likeness (QED) is 0.647. The molecule has 0 saturated heterocycles. The monoisotopic (exact) mass is 315 g/mol. The predicted octanol–water partition coefficient (Wildman–Crippen LogP) is 3.96. The summed E-state index contributed by atoms with van der Waals surface area (Å²) >= 11 is 0. The molecule has 0 aliphatic rings. The predicted molar refractivity (Wildman–Crippen MR) is 87.8 cm³/mol. The Morgan fingerprint density at radius 2 is 1.83 bits per heavy atom. The maximum absolute atomic E-state index is 13.4. The van der Waals surface area contributed by atoms with E-state index in [4.69, 9.17) is 9.47 Å². The van der Waals surface area contributed by atoms with Gasteiger partial charge in [-0.3, -0.25) is 4.79 Å². The summed E-state index contributed by atoms with van der Waals surface area (Å²) in [5, 5.41) is 2.87. The summed E-state index contributed by atoms with van der Waals surface area (Å²) in [7, 11) is 3.04. The van der Waals surface area contributed by atoms with E-state index in [1.54, 1.807) is 37.3 Å². The van der Waals surface area contributed by atoms with Crippen molar-refractivity contribution in [3.05, 3.63) is 65.6 Å². The van der Waals surface area contributed by atoms with Gasteiger partial charge in [0.15, 0.2) is 17.3 Å². The van der Waals surface area contributed by atoms with Gasteiger partial charge in [0.2, 0.25) is 0 Å². The van der Waals surface area contributed by atoms with E-state index < -0.39 is 0 Å². The number of anilines is 1. The molecule has 0 saturated carbocycles. The SMILES string of the molecule is COc1ccc(C(=O)C=CNc2ccc(C)c(F)c2)cc1OC. The second-order valence-corrected chi connectivity index (χ2v) is 4.88. The third-order valence-corrected chi connectivity index (χ3v) is 3.32. The van der Waals surface area contributed by atoms with Gasteiger partial charge in [0.25, 0.3) is 0 Å². The van der Waals surface area contributed by atoms with Gasteiger partial charge in [-0.25, -0.2) is 4.39 Å². The molecule has 0 aliphatic heterocycles. The number of carbonyl (C=O) groups is 1. The molecule has 5 heteroatoms. The number of rotatable bonds is 6. The third-order valence-electron chi connectivity index (χ3n) is 3.32. The number of ether oxygens (including phenoxy) is 2. The number of allylic oxidation sites excluding steroid dienone is 1. The van der Waals surface area contributed by atoms with Crippen LogP contribution in [0.25, 0.3) is 0 Å². The molecule has 0 fully saturated rings. The van der Waals surface area contributed by atoms with E-state index in [9.17, 15) is 9.18 Å². The van der Waals surface area contributed by atoms with Crippen LogP contribution < -0.4 is 14.8 Å². The molecule has 0 unspecified atom stereocenters. The molecule has 2 aromatic rings. The molecule has 0 atom stereocenters. The molecular formula is C18H18FNO3. The molecule has 23 heavy (non-hydrogen) atoms. The van der Waals surface area contributed by atoms with Gasteiger partial charge in [0.1, 0.15) is 5.82 Å². The third kappa shape index (κ3) is 4.10. The van der Waals surface area contributed by atoms with Crippen LogP contribution in [0.5, 0.6) is 11.5 Å². The van der Waals surface area contributed by atoms with Crippen LogP contribution in [0, 0.1) is 12.7 Å². The number of methoxy groups -OCH3 is 2. The number of ketones is 1. The van der Waals surface area contributed by atoms with Gasteiger partial charge >= 0.3 is 0 Å². The summed E-state index contributed by atoms with van der Waals surface area (Å²) in [6, 6.07) is 9.71. The van der Waals surface area contributed by atoms with Crippen LogP contribution in [-0.2, 0) is 0 Å². The Balaban J connectivity index is 2.07. The first kappa shape index (κ1) is 16.5. The Labute approximate surface area is 134 Å². The largest absolute Gasteiger partial charge is 0.493 e. The zero-order valence-electron chi connectivity index (χ0n) is 13.2. The minimum absolute atomic E-state index is 0.203. The Hall–Kier alpha value is -2.82. The number of aryl methyl sites for hydroxylation is 1. The lowest BCUT2D eigenvalue weighted by atomic mass is 10.1. The number of carbonyl (C=O) groups excluding carboxylic acids is 1. The lowest BCUT2D eigenvalue weighted by Gasteiger charge is -2.08. The van der Waals surface area contributed by atoms with Crippen molar-refractivity contribution in [2.45, 2.75) is 6.92 Å². The van der Waals surface area contributed by atoms with Crippen molar-refractivity contribution in [2.24, 2.45) is 0 Å². The average Bonchev–Trinajstić information content (AvgIpc) is 2.57. The van der Waals surface area contributed by atoms with E-state index in [0.29, 0.717) is 28.3 Å². The zero-order valence-corrected chi connectivity index (χ0v) is 13.2. The normalized spacial score (nSPS) is 10.6. The Morgan fingerprint density at radius 1 is 1.09 bits per heavy atom. The van der Waals surface area contributed by atoms with E-state index in [1.807, 2.05) is 0 Å². The first-order chi connectivity index (χ1) is 11.0. The van der Waals surface area contributed by atoms with Crippen molar-refractivity contribution in [1.29, 1.82) is 0 Å². The Bertz CT molecular complexity index is 741. The van der Waals surface area contributed by atoms with Crippen LogP contribution in [0.4, 0.5) is 10.1 Å². The fourth-order valence-electron chi connectivity index (χ4n) is 1.98. The number of halogens is 1. The van der Waals surface area contributed by atoms with Crippen molar-refractivity contribution in [3.63, 3.8) is 0 Å². The minimum atomic E-state index is -0.297. The summed E-state index contributed by atoms with van der Waals surface area (Å²) in [5.74, 6) is 0.544. The van der Waals surface area contributed by atoms with E-state index in [-0.39, 0.29) is 11.6 Å². The summed E-state index contributed by atoms with van der Waals surface area (Å²) in [6.45, 7) is 1.69. The fourth-order valence-corrected chi connectivity index (χ4v) is 1.98. The average molecular weight is 315 g/mol. The number of benzene rings is 2. The standard InChI is InChI=1S/C18H18FNO3/c1-12-4-6-14(11-15(12)19)20-9-8-16(21)13-5-7-17(22-2)18(10-13)23-3/h4-11,20H,1-3H3. The lowest BCUT2D eigenvalue weighted by Crippen LogP contribution is -1.99. The molecule has 2 rings (SSSR count). The van der Waals surface area contributed by atoms with Crippen molar-refractivity contribution >= 4 is 11.5 Å². The van der Waals surface area contributed by atoms with Crippen molar-refractivity contribution in [1.82, 2.24) is 0 Å². The number of nitrogens with one attached hydrogen (secondary N) is 1. The maximum Gasteiger partial charge on any atom is 0.187 e. The molecule has 1 N–H and O–H groups in total. The topological polar surface area (TPSA) is 47.6 Å². The Morgan fingerprint density at radius 3 is 2.48 bits per heavy atom. The van der Waals surface area contributed by atoms with E-state index in [0.717, 1.165) is 0 Å². The fraction of sp³-hybridized carbons (Fsp3) is 0.167. The van der Waals surface area contributed by atoms with Gasteiger partial charge in [0.05, 0.1) is 14.2 Å². The van der Waals surface area contributed by atoms with Gasteiger partial charge in [-0.15, -0.1) is 0 Å². The molecular weight excluding hydrogens is 297 g/mol. The molecule has 0 aromatic heterocycles. The molecule has 0 aliphatic carbocycles. The van der Waals surface area contributed by atoms with Crippen LogP contribution in [0.3, 0.4) is 0 Å². The highest BCUT2D eigenvalue weighted by Gasteiger charge is 2.08. The van der Waals surface area contributed by atoms with Crippen molar-refractivity contribution in [3.8, 4) is 11.5 Å². The molecule has 4 nitrogen and oxygen atoms in total. The summed E-state index contributed by atoms with van der Waals surface area (Å²) in [6.07, 6.45) is 2.85. The molecule has 120 valence electrons. The van der Waals surface area contributed by atoms with E-state index >= 15 is 0 Å². The lowest BCUT2D eigenvalue weighted by molar-refractivity contribution is 0.104. The summed E-state index contributed by atoms with van der Waals surface area (Å²) < 4.78 is 23.7. The number of hydrogen-bond acceptors (Lipinski definition) is 4. The highest BCUT2D eigenvalue weighted by molar-refractivity contribution is 6.05. The van der Waals surface area contributed by atoms with E-state index in [2.05, 4.69) is 5.32 Å². The molecule has 0 spiro atoms. The molecule has 0 bridgehead atoms. The molecule has 0 amide bonds. The maximum atomic E-state index is 13.4. The zero-order chi connectivity index (χ0) is 16.8. The van der Waals surface area contributed by atoms with Gasteiger partial charge in [-0.05, 0) is 42.8 Å². The van der Waals surface area contributed by atoms with Crippen LogP contribution in [-0.4, -0.2) is 20.0 Å². The molecule has 0 radical (unpaired) electrons. The van der Waals surface area contributed by atoms with Gasteiger partial charge < -0.3 is 14.8 Å². The van der Waals surface area contributed by atoms with E-state index in [1.165, 1.54) is 32.6 Å². The highest BCUT2D eigenvalue weighted by atomic mass is 19.1. The summed E-state index contributed by atoms with van der Waals surface area (Å²) in [4.78, 5) is 12.1. The second-order valence-electron chi connectivity index (χ2n) is 4.88. The van der Waals surface area contributed by atoms with Crippen LogP contribution in [0.15, 0.2) is 48.7 Å².